The molecule has 3 N–H and O–H groups in total. The zero-order valence-corrected chi connectivity index (χ0v) is 8.86. The first kappa shape index (κ1) is 10.3. The van der Waals surface area contributed by atoms with Gasteiger partial charge in [0.15, 0.2) is 11.5 Å². The van der Waals surface area contributed by atoms with Gasteiger partial charge in [-0.15, -0.1) is 0 Å². The number of benzene rings is 1. The molecule has 15 heavy (non-hydrogen) atoms. The van der Waals surface area contributed by atoms with Crippen LogP contribution in [0.2, 0.25) is 0 Å². The number of nitrogens with two attached hydrogens (primary N) is 1. The number of aliphatic hydroxyl groups is 1. The van der Waals surface area contributed by atoms with Crippen LogP contribution in [0.3, 0.4) is 0 Å². The van der Waals surface area contributed by atoms with Crippen LogP contribution in [-0.4, -0.2) is 19.3 Å². The summed E-state index contributed by atoms with van der Waals surface area (Å²) in [6, 6.07) is 3.52. The Hall–Kier alpha value is -1.26. The summed E-state index contributed by atoms with van der Waals surface area (Å²) in [6.45, 7) is 0. The lowest BCUT2D eigenvalue weighted by Crippen LogP contribution is -2.05. The van der Waals surface area contributed by atoms with Gasteiger partial charge >= 0.3 is 0 Å². The molecule has 0 spiro atoms. The summed E-state index contributed by atoms with van der Waals surface area (Å²) in [6.07, 6.45) is 0.0702. The van der Waals surface area contributed by atoms with E-state index >= 15 is 0 Å². The summed E-state index contributed by atoms with van der Waals surface area (Å²) in [4.78, 5) is 0. The molecule has 0 radical (unpaired) electrons. The number of fused-ring (bicyclic) bond motifs is 1. The highest BCUT2D eigenvalue weighted by molar-refractivity contribution is 5.51. The Kier molecular flexibility index (Phi) is 2.54. The maximum absolute atomic E-state index is 9.76. The Morgan fingerprint density at radius 2 is 1.73 bits per heavy atom. The van der Waals surface area contributed by atoms with E-state index in [1.54, 1.807) is 20.3 Å². The molecule has 0 aliphatic heterocycles. The van der Waals surface area contributed by atoms with Gasteiger partial charge in [-0.3, -0.25) is 0 Å². The fourth-order valence-corrected chi connectivity index (χ4v) is 2.01. The second-order valence-corrected chi connectivity index (χ2v) is 3.69. The smallest absolute Gasteiger partial charge is 0.161 e. The van der Waals surface area contributed by atoms with Gasteiger partial charge < -0.3 is 20.3 Å². The van der Waals surface area contributed by atoms with Crippen LogP contribution < -0.4 is 15.2 Å². The molecule has 1 aliphatic rings. The third-order valence-corrected chi connectivity index (χ3v) is 2.82. The molecule has 4 nitrogen and oxygen atoms in total. The van der Waals surface area contributed by atoms with Gasteiger partial charge in [-0.05, 0) is 29.7 Å². The van der Waals surface area contributed by atoms with Crippen molar-refractivity contribution in [3.8, 4) is 11.5 Å². The van der Waals surface area contributed by atoms with Crippen LogP contribution in [-0.2, 0) is 0 Å². The molecular formula is C11H15NO3. The first-order valence-electron chi connectivity index (χ1n) is 4.86. The van der Waals surface area contributed by atoms with Crippen molar-refractivity contribution in [2.24, 2.45) is 5.73 Å². The van der Waals surface area contributed by atoms with Crippen molar-refractivity contribution in [1.82, 2.24) is 0 Å². The summed E-state index contributed by atoms with van der Waals surface area (Å²) < 4.78 is 10.4. The van der Waals surface area contributed by atoms with E-state index in [9.17, 15) is 5.11 Å². The molecule has 0 fully saturated rings. The third kappa shape index (κ3) is 1.56. The Morgan fingerprint density at radius 1 is 1.20 bits per heavy atom. The summed E-state index contributed by atoms with van der Waals surface area (Å²) in [5, 5.41) is 9.76. The molecule has 0 saturated heterocycles. The molecule has 2 rings (SSSR count). The quantitative estimate of drug-likeness (QED) is 0.766. The average molecular weight is 209 g/mol. The standard InChI is InChI=1S/C11H15NO3/c1-14-10-3-6-7(4-11(10)15-2)9(13)5-8(6)12/h3-4,8-9,13H,5,12H2,1-2H3. The lowest BCUT2D eigenvalue weighted by atomic mass is 10.1. The maximum atomic E-state index is 9.76. The van der Waals surface area contributed by atoms with Crippen molar-refractivity contribution in [2.75, 3.05) is 14.2 Å². The minimum absolute atomic E-state index is 0.116. The van der Waals surface area contributed by atoms with E-state index in [0.29, 0.717) is 17.9 Å². The molecule has 1 aromatic carbocycles. The van der Waals surface area contributed by atoms with Crippen molar-refractivity contribution in [2.45, 2.75) is 18.6 Å². The number of ether oxygens (including phenoxy) is 2. The van der Waals surface area contributed by atoms with E-state index in [-0.39, 0.29) is 6.04 Å². The van der Waals surface area contributed by atoms with Gasteiger partial charge in [-0.2, -0.15) is 0 Å². The monoisotopic (exact) mass is 209 g/mol. The second kappa shape index (κ2) is 3.72. The maximum Gasteiger partial charge on any atom is 0.161 e. The Bertz CT molecular complexity index is 343. The van der Waals surface area contributed by atoms with Crippen LogP contribution in [0.4, 0.5) is 0 Å². The molecule has 2 unspecified atom stereocenters. The van der Waals surface area contributed by atoms with Crippen LogP contribution in [0.25, 0.3) is 0 Å². The molecule has 1 aromatic rings. The molecule has 82 valence electrons. The Morgan fingerprint density at radius 3 is 2.27 bits per heavy atom. The number of hydrogen-bond acceptors (Lipinski definition) is 4. The molecule has 0 saturated carbocycles. The van der Waals surface area contributed by atoms with E-state index in [0.717, 1.165) is 11.1 Å². The predicted molar refractivity (Wildman–Crippen MR) is 56.1 cm³/mol. The zero-order valence-electron chi connectivity index (χ0n) is 8.86. The summed E-state index contributed by atoms with van der Waals surface area (Å²) in [7, 11) is 3.16. The van der Waals surface area contributed by atoms with Crippen LogP contribution >= 0.6 is 0 Å². The van der Waals surface area contributed by atoms with E-state index in [1.165, 1.54) is 0 Å². The molecule has 1 aliphatic carbocycles. The minimum Gasteiger partial charge on any atom is -0.493 e. The largest absolute Gasteiger partial charge is 0.493 e. The lowest BCUT2D eigenvalue weighted by Gasteiger charge is -2.12. The topological polar surface area (TPSA) is 64.7 Å². The van der Waals surface area contributed by atoms with Gasteiger partial charge in [0, 0.05) is 6.04 Å². The van der Waals surface area contributed by atoms with Crippen LogP contribution in [0.5, 0.6) is 11.5 Å². The van der Waals surface area contributed by atoms with Gasteiger partial charge in [-0.25, -0.2) is 0 Å². The highest BCUT2D eigenvalue weighted by Crippen LogP contribution is 2.42. The number of methoxy groups -OCH3 is 2. The Labute approximate surface area is 88.6 Å². The number of rotatable bonds is 2. The highest BCUT2D eigenvalue weighted by Gasteiger charge is 2.28. The normalized spacial score (nSPS) is 23.7. The molecule has 0 aromatic heterocycles. The lowest BCUT2D eigenvalue weighted by molar-refractivity contribution is 0.173. The zero-order chi connectivity index (χ0) is 11.0. The van der Waals surface area contributed by atoms with Crippen molar-refractivity contribution in [3.05, 3.63) is 23.3 Å². The predicted octanol–water partition coefficient (Wildman–Crippen LogP) is 1.14. The van der Waals surface area contributed by atoms with Crippen LogP contribution in [0.1, 0.15) is 29.7 Å². The van der Waals surface area contributed by atoms with Crippen molar-refractivity contribution in [3.63, 3.8) is 0 Å². The molecular weight excluding hydrogens is 194 g/mol. The van der Waals surface area contributed by atoms with Gasteiger partial charge in [0.05, 0.1) is 20.3 Å². The van der Waals surface area contributed by atoms with Gasteiger partial charge in [0.1, 0.15) is 0 Å². The Balaban J connectivity index is 2.53. The van der Waals surface area contributed by atoms with Gasteiger partial charge in [0.2, 0.25) is 0 Å². The minimum atomic E-state index is -0.491. The van der Waals surface area contributed by atoms with Crippen molar-refractivity contribution >= 4 is 0 Å². The van der Waals surface area contributed by atoms with E-state index in [4.69, 9.17) is 15.2 Å². The van der Waals surface area contributed by atoms with Gasteiger partial charge in [-0.1, -0.05) is 0 Å². The molecule has 0 amide bonds. The average Bonchev–Trinajstić information content (AvgIpc) is 2.52. The first-order chi connectivity index (χ1) is 7.17. The number of aliphatic hydroxyl groups excluding tert-OH is 1. The van der Waals surface area contributed by atoms with E-state index in [1.807, 2.05) is 6.07 Å². The second-order valence-electron chi connectivity index (χ2n) is 3.69. The molecule has 0 heterocycles. The third-order valence-electron chi connectivity index (χ3n) is 2.82. The fourth-order valence-electron chi connectivity index (χ4n) is 2.01. The van der Waals surface area contributed by atoms with Gasteiger partial charge in [0.25, 0.3) is 0 Å². The summed E-state index contributed by atoms with van der Waals surface area (Å²) in [5.74, 6) is 1.28. The molecule has 0 bridgehead atoms. The summed E-state index contributed by atoms with van der Waals surface area (Å²) in [5.41, 5.74) is 7.69. The fraction of sp³-hybridized carbons (Fsp3) is 0.455. The van der Waals surface area contributed by atoms with E-state index < -0.39 is 6.10 Å². The van der Waals surface area contributed by atoms with Crippen molar-refractivity contribution in [1.29, 1.82) is 0 Å². The molecule has 4 heteroatoms. The SMILES string of the molecule is COc1cc2c(cc1OC)C(O)CC2N. The van der Waals surface area contributed by atoms with Crippen LogP contribution in [0.15, 0.2) is 12.1 Å². The van der Waals surface area contributed by atoms with Crippen LogP contribution in [0, 0.1) is 0 Å². The van der Waals surface area contributed by atoms with E-state index in [2.05, 4.69) is 0 Å². The van der Waals surface area contributed by atoms with Crippen molar-refractivity contribution < 1.29 is 14.6 Å². The number of hydrogen-bond donors (Lipinski definition) is 2. The first-order valence-corrected chi connectivity index (χ1v) is 4.86. The summed E-state index contributed by atoms with van der Waals surface area (Å²) >= 11 is 0. The molecule has 2 atom stereocenters. The highest BCUT2D eigenvalue weighted by atomic mass is 16.5.